The third-order valence-electron chi connectivity index (χ3n) is 2.39. The third-order valence-corrected chi connectivity index (χ3v) is 2.39. The van der Waals surface area contributed by atoms with Crippen molar-refractivity contribution in [1.29, 1.82) is 0 Å². The topological polar surface area (TPSA) is 60.8 Å². The lowest BCUT2D eigenvalue weighted by Crippen LogP contribution is -2.26. The number of nitrogens with zero attached hydrogens (tertiary/aromatic N) is 1. The van der Waals surface area contributed by atoms with Crippen molar-refractivity contribution in [2.45, 2.75) is 6.54 Å². The van der Waals surface area contributed by atoms with Crippen LogP contribution in [0, 0.1) is 0 Å². The van der Waals surface area contributed by atoms with Crippen LogP contribution >= 0.6 is 0 Å². The molecule has 0 bridgehead atoms. The molecule has 0 atom stereocenters. The van der Waals surface area contributed by atoms with E-state index in [0.29, 0.717) is 24.2 Å². The summed E-state index contributed by atoms with van der Waals surface area (Å²) in [5, 5.41) is 18.2. The van der Waals surface area contributed by atoms with E-state index in [-0.39, 0.29) is 18.3 Å². The highest BCUT2D eigenvalue weighted by Crippen LogP contribution is 2.29. The SMILES string of the molecule is O=C1c2cccc(O)c2CN1CCO. The predicted molar refractivity (Wildman–Crippen MR) is 49.9 cm³/mol. The Kier molecular flexibility index (Phi) is 2.13. The zero-order valence-corrected chi connectivity index (χ0v) is 7.60. The van der Waals surface area contributed by atoms with Crippen molar-refractivity contribution in [3.63, 3.8) is 0 Å². The fourth-order valence-corrected chi connectivity index (χ4v) is 1.68. The molecule has 4 nitrogen and oxygen atoms in total. The van der Waals surface area contributed by atoms with E-state index < -0.39 is 0 Å². The molecule has 2 N–H and O–H groups in total. The van der Waals surface area contributed by atoms with Crippen LogP contribution in [0.3, 0.4) is 0 Å². The van der Waals surface area contributed by atoms with Gasteiger partial charge in [0.25, 0.3) is 5.91 Å². The fraction of sp³-hybridized carbons (Fsp3) is 0.300. The molecule has 0 fully saturated rings. The number of carbonyl (C=O) groups excluding carboxylic acids is 1. The van der Waals surface area contributed by atoms with E-state index in [2.05, 4.69) is 0 Å². The second-order valence-corrected chi connectivity index (χ2v) is 3.25. The van der Waals surface area contributed by atoms with Crippen molar-refractivity contribution < 1.29 is 15.0 Å². The highest BCUT2D eigenvalue weighted by molar-refractivity contribution is 5.99. The molecule has 0 aromatic heterocycles. The first-order valence-electron chi connectivity index (χ1n) is 4.45. The predicted octanol–water partition coefficient (Wildman–Crippen LogP) is 0.340. The molecule has 0 spiro atoms. The molecular weight excluding hydrogens is 182 g/mol. The molecule has 4 heteroatoms. The minimum Gasteiger partial charge on any atom is -0.508 e. The molecule has 14 heavy (non-hydrogen) atoms. The number of hydrogen-bond acceptors (Lipinski definition) is 3. The molecule has 0 aliphatic carbocycles. The van der Waals surface area contributed by atoms with E-state index in [0.717, 1.165) is 0 Å². The van der Waals surface area contributed by atoms with Crippen molar-refractivity contribution in [3.05, 3.63) is 29.3 Å². The van der Waals surface area contributed by atoms with Crippen molar-refractivity contribution in [2.75, 3.05) is 13.2 Å². The summed E-state index contributed by atoms with van der Waals surface area (Å²) in [6.45, 7) is 0.648. The highest BCUT2D eigenvalue weighted by Gasteiger charge is 2.28. The summed E-state index contributed by atoms with van der Waals surface area (Å²) in [5.74, 6) is 0.0289. The van der Waals surface area contributed by atoms with Crippen molar-refractivity contribution in [2.24, 2.45) is 0 Å². The minimum absolute atomic E-state index is 0.0551. The summed E-state index contributed by atoms with van der Waals surface area (Å²) >= 11 is 0. The maximum atomic E-state index is 11.6. The summed E-state index contributed by atoms with van der Waals surface area (Å²) in [7, 11) is 0. The first-order valence-corrected chi connectivity index (χ1v) is 4.45. The van der Waals surface area contributed by atoms with E-state index in [9.17, 15) is 9.90 Å². The zero-order valence-electron chi connectivity index (χ0n) is 7.60. The number of hydrogen-bond donors (Lipinski definition) is 2. The number of phenols is 1. The molecule has 0 saturated heterocycles. The Morgan fingerprint density at radius 3 is 2.86 bits per heavy atom. The van der Waals surface area contributed by atoms with Gasteiger partial charge in [0, 0.05) is 17.7 Å². The molecule has 1 aromatic rings. The van der Waals surface area contributed by atoms with E-state index in [4.69, 9.17) is 5.11 Å². The van der Waals surface area contributed by atoms with Crippen LogP contribution in [0.1, 0.15) is 15.9 Å². The number of fused-ring (bicyclic) bond motifs is 1. The van der Waals surface area contributed by atoms with E-state index >= 15 is 0 Å². The quantitative estimate of drug-likeness (QED) is 0.712. The Morgan fingerprint density at radius 2 is 2.21 bits per heavy atom. The molecule has 1 aromatic carbocycles. The van der Waals surface area contributed by atoms with Crippen molar-refractivity contribution >= 4 is 5.91 Å². The van der Waals surface area contributed by atoms with Crippen LogP contribution in [0.4, 0.5) is 0 Å². The minimum atomic E-state index is -0.120. The van der Waals surface area contributed by atoms with Gasteiger partial charge in [0.1, 0.15) is 5.75 Å². The van der Waals surface area contributed by atoms with E-state index in [1.54, 1.807) is 18.2 Å². The number of benzene rings is 1. The molecule has 2 rings (SSSR count). The molecule has 0 radical (unpaired) electrons. The largest absolute Gasteiger partial charge is 0.508 e. The first-order chi connectivity index (χ1) is 6.74. The maximum Gasteiger partial charge on any atom is 0.254 e. The number of aliphatic hydroxyl groups excluding tert-OH is 1. The number of carbonyl (C=O) groups is 1. The van der Waals surface area contributed by atoms with Crippen molar-refractivity contribution in [1.82, 2.24) is 4.90 Å². The molecule has 0 saturated carbocycles. The van der Waals surface area contributed by atoms with Gasteiger partial charge < -0.3 is 15.1 Å². The van der Waals surface area contributed by atoms with Crippen LogP contribution < -0.4 is 0 Å². The van der Waals surface area contributed by atoms with Crippen LogP contribution in [0.2, 0.25) is 0 Å². The van der Waals surface area contributed by atoms with Crippen LogP contribution in [0.15, 0.2) is 18.2 Å². The Labute approximate surface area is 81.4 Å². The van der Waals surface area contributed by atoms with Gasteiger partial charge in [-0.3, -0.25) is 4.79 Å². The van der Waals surface area contributed by atoms with Gasteiger partial charge in [-0.25, -0.2) is 0 Å². The van der Waals surface area contributed by atoms with Gasteiger partial charge in [0.05, 0.1) is 13.2 Å². The molecule has 1 aliphatic rings. The molecule has 74 valence electrons. The molecule has 1 aliphatic heterocycles. The highest BCUT2D eigenvalue weighted by atomic mass is 16.3. The second-order valence-electron chi connectivity index (χ2n) is 3.25. The first kappa shape index (κ1) is 9.02. The second kappa shape index (κ2) is 3.31. The standard InChI is InChI=1S/C10H11NO3/c12-5-4-11-6-8-7(10(11)14)2-1-3-9(8)13/h1-3,12-13H,4-6H2. The molecule has 1 heterocycles. The number of β-amino-alcohol motifs (C(OH)–C–C–N with tert-alkyl or cyclic N) is 1. The van der Waals surface area contributed by atoms with Gasteiger partial charge in [-0.1, -0.05) is 6.07 Å². The maximum absolute atomic E-state index is 11.6. The Morgan fingerprint density at radius 1 is 1.43 bits per heavy atom. The molecule has 1 amide bonds. The van der Waals surface area contributed by atoms with Gasteiger partial charge >= 0.3 is 0 Å². The van der Waals surface area contributed by atoms with Gasteiger partial charge in [-0.15, -0.1) is 0 Å². The molecular formula is C10H11NO3. The third kappa shape index (κ3) is 1.24. The normalized spacial score (nSPS) is 14.6. The van der Waals surface area contributed by atoms with Crippen molar-refractivity contribution in [3.8, 4) is 5.75 Å². The van der Waals surface area contributed by atoms with Gasteiger partial charge in [0.2, 0.25) is 0 Å². The lowest BCUT2D eigenvalue weighted by atomic mass is 10.1. The van der Waals surface area contributed by atoms with Gasteiger partial charge in [-0.2, -0.15) is 0 Å². The summed E-state index contributed by atoms with van der Waals surface area (Å²) in [4.78, 5) is 13.2. The average molecular weight is 193 g/mol. The number of aliphatic hydroxyl groups is 1. The monoisotopic (exact) mass is 193 g/mol. The Balaban J connectivity index is 2.35. The zero-order chi connectivity index (χ0) is 10.1. The number of aromatic hydroxyl groups is 1. The molecule has 0 unspecified atom stereocenters. The summed E-state index contributed by atoms with van der Waals surface area (Å²) in [6.07, 6.45) is 0. The van der Waals surface area contributed by atoms with E-state index in [1.807, 2.05) is 0 Å². The Hall–Kier alpha value is -1.55. The lowest BCUT2D eigenvalue weighted by Gasteiger charge is -2.12. The summed E-state index contributed by atoms with van der Waals surface area (Å²) in [6, 6.07) is 4.90. The fourth-order valence-electron chi connectivity index (χ4n) is 1.68. The number of amides is 1. The number of phenolic OH excluding ortho intramolecular Hbond substituents is 1. The smallest absolute Gasteiger partial charge is 0.254 e. The Bertz CT molecular complexity index is 376. The van der Waals surface area contributed by atoms with Gasteiger partial charge in [0.15, 0.2) is 0 Å². The summed E-state index contributed by atoms with van der Waals surface area (Å²) < 4.78 is 0. The van der Waals surface area contributed by atoms with Gasteiger partial charge in [-0.05, 0) is 12.1 Å². The lowest BCUT2D eigenvalue weighted by molar-refractivity contribution is 0.0745. The number of rotatable bonds is 2. The average Bonchev–Trinajstić information content (AvgIpc) is 2.48. The van der Waals surface area contributed by atoms with Crippen LogP contribution in [-0.4, -0.2) is 34.2 Å². The summed E-state index contributed by atoms with van der Waals surface area (Å²) in [5.41, 5.74) is 1.20. The van der Waals surface area contributed by atoms with Crippen LogP contribution in [0.25, 0.3) is 0 Å². The van der Waals surface area contributed by atoms with Crippen LogP contribution in [0.5, 0.6) is 5.75 Å². The van der Waals surface area contributed by atoms with E-state index in [1.165, 1.54) is 4.90 Å². The van der Waals surface area contributed by atoms with Crippen LogP contribution in [-0.2, 0) is 6.54 Å².